The van der Waals surface area contributed by atoms with Crippen molar-refractivity contribution in [3.05, 3.63) is 34.9 Å². The molecule has 0 spiro atoms. The fourth-order valence-electron chi connectivity index (χ4n) is 2.33. The summed E-state index contributed by atoms with van der Waals surface area (Å²) in [5, 5.41) is 4.38. The zero-order chi connectivity index (χ0) is 13.0. The number of nitrogens with zero attached hydrogens (tertiary/aromatic N) is 1. The highest BCUT2D eigenvalue weighted by Crippen LogP contribution is 2.26. The van der Waals surface area contributed by atoms with Gasteiger partial charge in [0.25, 0.3) is 0 Å². The van der Waals surface area contributed by atoms with E-state index in [0.29, 0.717) is 6.04 Å². The van der Waals surface area contributed by atoms with Crippen molar-refractivity contribution < 1.29 is 0 Å². The third-order valence-electron chi connectivity index (χ3n) is 3.69. The molecule has 18 heavy (non-hydrogen) atoms. The summed E-state index contributed by atoms with van der Waals surface area (Å²) in [7, 11) is 0. The number of hydrogen-bond donors (Lipinski definition) is 1. The maximum absolute atomic E-state index is 5.90. The van der Waals surface area contributed by atoms with Crippen LogP contribution in [0.4, 0.5) is 0 Å². The van der Waals surface area contributed by atoms with Crippen LogP contribution in [0.2, 0.25) is 5.02 Å². The van der Waals surface area contributed by atoms with Crippen LogP contribution >= 0.6 is 11.6 Å². The van der Waals surface area contributed by atoms with E-state index < -0.39 is 0 Å². The van der Waals surface area contributed by atoms with Gasteiger partial charge in [-0.2, -0.15) is 0 Å². The molecule has 2 rings (SSSR count). The summed E-state index contributed by atoms with van der Waals surface area (Å²) in [5.41, 5.74) is 1.30. The van der Waals surface area contributed by atoms with Crippen molar-refractivity contribution >= 4 is 11.6 Å². The predicted octanol–water partition coefficient (Wildman–Crippen LogP) is 3.47. The van der Waals surface area contributed by atoms with Gasteiger partial charge in [-0.1, -0.05) is 30.7 Å². The van der Waals surface area contributed by atoms with Crippen LogP contribution in [0, 0.1) is 0 Å². The second-order valence-corrected chi connectivity index (χ2v) is 5.52. The van der Waals surface area contributed by atoms with E-state index in [2.05, 4.69) is 36.2 Å². The van der Waals surface area contributed by atoms with Gasteiger partial charge in [0.15, 0.2) is 0 Å². The lowest BCUT2D eigenvalue weighted by molar-refractivity contribution is 0.273. The fraction of sp³-hybridized carbons (Fsp3) is 0.600. The van der Waals surface area contributed by atoms with E-state index in [0.717, 1.165) is 24.2 Å². The molecule has 100 valence electrons. The average molecular weight is 267 g/mol. The van der Waals surface area contributed by atoms with Crippen molar-refractivity contribution in [3.8, 4) is 0 Å². The number of benzene rings is 1. The van der Waals surface area contributed by atoms with Crippen LogP contribution in [0.15, 0.2) is 24.3 Å². The van der Waals surface area contributed by atoms with Crippen molar-refractivity contribution in [3.63, 3.8) is 0 Å². The first kappa shape index (κ1) is 13.9. The summed E-state index contributed by atoms with van der Waals surface area (Å²) in [5.74, 6) is 0. The molecule has 2 nitrogen and oxygen atoms in total. The minimum Gasteiger partial charge on any atom is -0.309 e. The Labute approximate surface area is 115 Å². The Morgan fingerprint density at radius 3 is 2.56 bits per heavy atom. The SMILES string of the molecule is CCN(CCNC(C)c1ccc(Cl)cc1)C1CC1. The van der Waals surface area contributed by atoms with Crippen molar-refractivity contribution in [2.75, 3.05) is 19.6 Å². The molecule has 1 unspecified atom stereocenters. The zero-order valence-electron chi connectivity index (χ0n) is 11.3. The van der Waals surface area contributed by atoms with Crippen LogP contribution in [-0.4, -0.2) is 30.6 Å². The van der Waals surface area contributed by atoms with Gasteiger partial charge >= 0.3 is 0 Å². The molecule has 1 aromatic rings. The number of nitrogens with one attached hydrogen (secondary N) is 1. The Hall–Kier alpha value is -0.570. The van der Waals surface area contributed by atoms with Crippen molar-refractivity contribution in [1.82, 2.24) is 10.2 Å². The van der Waals surface area contributed by atoms with Crippen LogP contribution in [0.3, 0.4) is 0 Å². The Kier molecular flexibility index (Phi) is 5.04. The Balaban J connectivity index is 1.73. The Morgan fingerprint density at radius 2 is 2.00 bits per heavy atom. The van der Waals surface area contributed by atoms with Crippen LogP contribution < -0.4 is 5.32 Å². The molecule has 1 atom stereocenters. The van der Waals surface area contributed by atoms with Gasteiger partial charge in [0.05, 0.1) is 0 Å². The standard InChI is InChI=1S/C15H23ClN2/c1-3-18(15-8-9-15)11-10-17-12(2)13-4-6-14(16)7-5-13/h4-7,12,15,17H,3,8-11H2,1-2H3. The van der Waals surface area contributed by atoms with E-state index in [9.17, 15) is 0 Å². The third-order valence-corrected chi connectivity index (χ3v) is 3.94. The quantitative estimate of drug-likeness (QED) is 0.813. The molecule has 0 amide bonds. The van der Waals surface area contributed by atoms with Gasteiger partial charge in [-0.15, -0.1) is 0 Å². The van der Waals surface area contributed by atoms with Gasteiger partial charge in [-0.3, -0.25) is 4.90 Å². The molecule has 0 radical (unpaired) electrons. The second-order valence-electron chi connectivity index (χ2n) is 5.09. The van der Waals surface area contributed by atoms with Gasteiger partial charge in [0.2, 0.25) is 0 Å². The lowest BCUT2D eigenvalue weighted by Crippen LogP contribution is -2.34. The van der Waals surface area contributed by atoms with E-state index in [-0.39, 0.29) is 0 Å². The average Bonchev–Trinajstić information content (AvgIpc) is 3.19. The molecule has 0 aromatic heterocycles. The minimum absolute atomic E-state index is 0.389. The maximum atomic E-state index is 5.90. The van der Waals surface area contributed by atoms with Gasteiger partial charge < -0.3 is 5.32 Å². The highest BCUT2D eigenvalue weighted by atomic mass is 35.5. The topological polar surface area (TPSA) is 15.3 Å². The Bertz CT molecular complexity index is 359. The molecule has 0 bridgehead atoms. The van der Waals surface area contributed by atoms with Crippen molar-refractivity contribution in [1.29, 1.82) is 0 Å². The fourth-order valence-corrected chi connectivity index (χ4v) is 2.46. The smallest absolute Gasteiger partial charge is 0.0406 e. The first-order valence-electron chi connectivity index (χ1n) is 6.93. The first-order valence-corrected chi connectivity index (χ1v) is 7.31. The normalized spacial score (nSPS) is 17.1. The number of halogens is 1. The molecule has 1 N–H and O–H groups in total. The zero-order valence-corrected chi connectivity index (χ0v) is 12.1. The first-order chi connectivity index (χ1) is 8.70. The molecule has 0 saturated heterocycles. The predicted molar refractivity (Wildman–Crippen MR) is 78.1 cm³/mol. The lowest BCUT2D eigenvalue weighted by atomic mass is 10.1. The summed E-state index contributed by atoms with van der Waals surface area (Å²) >= 11 is 5.90. The van der Waals surface area contributed by atoms with Crippen LogP contribution in [0.25, 0.3) is 0 Å². The second kappa shape index (κ2) is 6.55. The molecule has 0 aliphatic heterocycles. The molecule has 1 saturated carbocycles. The summed E-state index contributed by atoms with van der Waals surface area (Å²) < 4.78 is 0. The third kappa shape index (κ3) is 3.98. The number of likely N-dealkylation sites (N-methyl/N-ethyl adjacent to an activating group) is 1. The summed E-state index contributed by atoms with van der Waals surface area (Å²) in [6.45, 7) is 7.83. The summed E-state index contributed by atoms with van der Waals surface area (Å²) in [6.07, 6.45) is 2.78. The summed E-state index contributed by atoms with van der Waals surface area (Å²) in [6, 6.07) is 9.36. The van der Waals surface area contributed by atoms with Crippen LogP contribution in [0.1, 0.15) is 38.3 Å². The molecule has 0 heterocycles. The molecule has 3 heteroatoms. The molecule has 1 aliphatic rings. The van der Waals surface area contributed by atoms with E-state index in [1.165, 1.54) is 24.9 Å². The molecular formula is C15H23ClN2. The van der Waals surface area contributed by atoms with E-state index in [1.807, 2.05) is 12.1 Å². The largest absolute Gasteiger partial charge is 0.309 e. The molecular weight excluding hydrogens is 244 g/mol. The van der Waals surface area contributed by atoms with Gasteiger partial charge in [-0.05, 0) is 44.0 Å². The van der Waals surface area contributed by atoms with Gasteiger partial charge in [0.1, 0.15) is 0 Å². The van der Waals surface area contributed by atoms with E-state index >= 15 is 0 Å². The van der Waals surface area contributed by atoms with E-state index in [1.54, 1.807) is 0 Å². The molecule has 1 aliphatic carbocycles. The van der Waals surface area contributed by atoms with Gasteiger partial charge in [-0.25, -0.2) is 0 Å². The minimum atomic E-state index is 0.389. The van der Waals surface area contributed by atoms with Gasteiger partial charge in [0, 0.05) is 30.2 Å². The highest BCUT2D eigenvalue weighted by Gasteiger charge is 2.27. The van der Waals surface area contributed by atoms with Crippen molar-refractivity contribution in [2.45, 2.75) is 38.8 Å². The van der Waals surface area contributed by atoms with Crippen molar-refractivity contribution in [2.24, 2.45) is 0 Å². The maximum Gasteiger partial charge on any atom is 0.0406 e. The molecule has 1 fully saturated rings. The monoisotopic (exact) mass is 266 g/mol. The van der Waals surface area contributed by atoms with Crippen LogP contribution in [-0.2, 0) is 0 Å². The number of hydrogen-bond acceptors (Lipinski definition) is 2. The number of rotatable bonds is 7. The summed E-state index contributed by atoms with van der Waals surface area (Å²) in [4.78, 5) is 2.57. The van der Waals surface area contributed by atoms with Crippen LogP contribution in [0.5, 0.6) is 0 Å². The van der Waals surface area contributed by atoms with E-state index in [4.69, 9.17) is 11.6 Å². The highest BCUT2D eigenvalue weighted by molar-refractivity contribution is 6.30. The Morgan fingerprint density at radius 1 is 1.33 bits per heavy atom. The lowest BCUT2D eigenvalue weighted by Gasteiger charge is -2.22. The molecule has 1 aromatic carbocycles.